The fourth-order valence-electron chi connectivity index (χ4n) is 10.9. The molecule has 17 nitrogen and oxygen atoms in total. The van der Waals surface area contributed by atoms with Gasteiger partial charge in [0.1, 0.15) is 19.3 Å². The lowest BCUT2D eigenvalue weighted by Crippen LogP contribution is -2.30. The maximum Gasteiger partial charge on any atom is 0.472 e. The molecule has 0 aliphatic rings. The highest BCUT2D eigenvalue weighted by atomic mass is 31.2. The largest absolute Gasteiger partial charge is 0.472 e. The summed E-state index contributed by atoms with van der Waals surface area (Å²) in [4.78, 5) is 73.2. The number of carbonyl (C=O) groups excluding carboxylic acids is 4. The third kappa shape index (κ3) is 79.0. The zero-order valence-corrected chi connectivity index (χ0v) is 69.5. The van der Waals surface area contributed by atoms with E-state index in [0.29, 0.717) is 25.7 Å². The van der Waals surface area contributed by atoms with E-state index in [9.17, 15) is 43.2 Å². The van der Waals surface area contributed by atoms with Crippen LogP contribution in [0.3, 0.4) is 0 Å². The van der Waals surface area contributed by atoms with Crippen LogP contribution >= 0.6 is 15.6 Å². The molecule has 0 saturated carbocycles. The molecule has 19 heteroatoms. The molecular weight excluding hydrogens is 1400 g/mol. The average Bonchev–Trinajstić information content (AvgIpc) is 0.923. The Balaban J connectivity index is 5.44. The summed E-state index contributed by atoms with van der Waals surface area (Å²) in [6.07, 6.45) is 92.4. The number of esters is 4. The molecule has 3 N–H and O–H groups in total. The van der Waals surface area contributed by atoms with E-state index in [2.05, 4.69) is 174 Å². The number of carbonyl (C=O) groups is 4. The van der Waals surface area contributed by atoms with Crippen molar-refractivity contribution in [3.05, 3.63) is 146 Å². The molecule has 4 atom stereocenters. The second-order valence-corrected chi connectivity index (χ2v) is 30.6. The lowest BCUT2D eigenvalue weighted by Gasteiger charge is -2.21. The van der Waals surface area contributed by atoms with Gasteiger partial charge in [0.2, 0.25) is 0 Å². The van der Waals surface area contributed by atoms with Crippen LogP contribution in [0.2, 0.25) is 0 Å². The van der Waals surface area contributed by atoms with Crippen molar-refractivity contribution in [3.63, 3.8) is 0 Å². The molecule has 0 aromatic carbocycles. The minimum atomic E-state index is -5.00. The highest BCUT2D eigenvalue weighted by Crippen LogP contribution is 2.45. The van der Waals surface area contributed by atoms with Gasteiger partial charge in [0.15, 0.2) is 12.2 Å². The zero-order chi connectivity index (χ0) is 78.9. The Morgan fingerprint density at radius 2 is 0.481 bits per heavy atom. The summed E-state index contributed by atoms with van der Waals surface area (Å²) in [5, 5.41) is 10.7. The summed E-state index contributed by atoms with van der Waals surface area (Å²) >= 11 is 0. The quantitative estimate of drug-likeness (QED) is 0.0169. The van der Waals surface area contributed by atoms with Gasteiger partial charge in [0, 0.05) is 25.7 Å². The van der Waals surface area contributed by atoms with Crippen LogP contribution in [-0.2, 0) is 65.4 Å². The SMILES string of the molecule is CC/C=C\C/C=C\C/C=C\C/C=C\C/C=C\CCCCCC(=O)OCC(COP(=O)(O)OCC(O)COP(=O)(O)OCC(COC(=O)CCCCC/C=C\C/C=C\C/C=C\C/C=C\C/C=C\CC)OC(=O)CCCCCCC/C=C\CCCCCCCC)OC(=O)CCCCCCC/C=C\CCCCCCCC. The highest BCUT2D eigenvalue weighted by molar-refractivity contribution is 7.47. The van der Waals surface area contributed by atoms with Crippen LogP contribution in [0.15, 0.2) is 146 Å². The van der Waals surface area contributed by atoms with Crippen LogP contribution < -0.4 is 0 Å². The van der Waals surface area contributed by atoms with Gasteiger partial charge >= 0.3 is 39.5 Å². The van der Waals surface area contributed by atoms with E-state index in [-0.39, 0.29) is 25.7 Å². The standard InChI is InChI=1S/C89H150O17P2/c1-5-9-13-17-21-25-29-33-37-39-41-43-47-49-53-57-61-65-69-73-86(91)99-79-84(105-88(93)75-71-67-63-59-55-51-45-35-31-27-23-19-15-11-7-3)81-103-107(95,96)101-77-83(90)78-102-108(97,98)104-82-85(106-89(94)76-72-68-64-60-56-52-46-36-32-28-24-20-16-12-8-4)80-100-87(92)74-70-66-62-58-54-50-48-44-42-40-38-34-30-26-22-18-14-10-6-2/h9-10,13-14,21-22,25-26,33-38,41-46,49-50,53-54,83-85,90H,5-8,11-12,15-20,23-24,27-32,39-40,47-48,51-52,55-82H2,1-4H3,(H,95,96)(H,97,98)/b13-9-,14-10-,25-21-,26-22-,37-33-,38-34-,43-41-,44-42-,45-35-,46-36-,53-49-,54-50-. The number of hydrogen-bond donors (Lipinski definition) is 3. The van der Waals surface area contributed by atoms with E-state index in [1.54, 1.807) is 0 Å². The normalized spacial score (nSPS) is 14.5. The van der Waals surface area contributed by atoms with Crippen LogP contribution in [0.5, 0.6) is 0 Å². The van der Waals surface area contributed by atoms with E-state index in [1.165, 1.54) is 77.0 Å². The van der Waals surface area contributed by atoms with Crippen molar-refractivity contribution in [1.82, 2.24) is 0 Å². The van der Waals surface area contributed by atoms with Crippen molar-refractivity contribution in [1.29, 1.82) is 0 Å². The maximum absolute atomic E-state index is 13.1. The van der Waals surface area contributed by atoms with Gasteiger partial charge in [-0.3, -0.25) is 37.3 Å². The van der Waals surface area contributed by atoms with E-state index in [4.69, 9.17) is 37.0 Å². The molecule has 0 spiro atoms. The molecule has 0 heterocycles. The third-order valence-corrected chi connectivity index (χ3v) is 19.2. The Hall–Kier alpha value is -5.06. The topological polar surface area (TPSA) is 237 Å². The second-order valence-electron chi connectivity index (χ2n) is 27.6. The smallest absolute Gasteiger partial charge is 0.462 e. The number of unbranched alkanes of at least 4 members (excludes halogenated alkanes) is 28. The molecular formula is C89H150O17P2. The number of phosphoric ester groups is 2. The number of rotatable bonds is 78. The number of aliphatic hydroxyl groups is 1. The van der Waals surface area contributed by atoms with Crippen LogP contribution in [0.1, 0.15) is 336 Å². The van der Waals surface area contributed by atoms with Crippen molar-refractivity contribution >= 4 is 39.5 Å². The average molecular weight is 1550 g/mol. The minimum absolute atomic E-state index is 0.0735. The first-order valence-electron chi connectivity index (χ1n) is 42.1. The van der Waals surface area contributed by atoms with Gasteiger partial charge in [0.05, 0.1) is 26.4 Å². The van der Waals surface area contributed by atoms with Gasteiger partial charge in [-0.2, -0.15) is 0 Å². The molecule has 0 bridgehead atoms. The number of allylic oxidation sites excluding steroid dienone is 24. The summed E-state index contributed by atoms with van der Waals surface area (Å²) in [6.45, 7) is 4.57. The lowest BCUT2D eigenvalue weighted by atomic mass is 10.1. The van der Waals surface area contributed by atoms with Gasteiger partial charge in [-0.25, -0.2) is 9.13 Å². The van der Waals surface area contributed by atoms with E-state index >= 15 is 0 Å². The van der Waals surface area contributed by atoms with Crippen LogP contribution in [0, 0.1) is 0 Å². The Kier molecular flexibility index (Phi) is 76.3. The molecule has 618 valence electrons. The Morgan fingerprint density at radius 1 is 0.269 bits per heavy atom. The van der Waals surface area contributed by atoms with E-state index in [0.717, 1.165) is 180 Å². The summed E-state index contributed by atoms with van der Waals surface area (Å²) < 4.78 is 68.7. The number of aliphatic hydroxyl groups excluding tert-OH is 1. The van der Waals surface area contributed by atoms with Crippen LogP contribution in [0.4, 0.5) is 0 Å². The number of phosphoric acid groups is 2. The van der Waals surface area contributed by atoms with Crippen molar-refractivity contribution in [2.24, 2.45) is 0 Å². The van der Waals surface area contributed by atoms with E-state index < -0.39 is 97.5 Å². The first-order chi connectivity index (χ1) is 52.7. The molecule has 0 aromatic rings. The molecule has 0 aliphatic carbocycles. The zero-order valence-electron chi connectivity index (χ0n) is 67.7. The molecule has 0 aliphatic heterocycles. The van der Waals surface area contributed by atoms with Crippen LogP contribution in [-0.4, -0.2) is 96.7 Å². The summed E-state index contributed by atoms with van der Waals surface area (Å²) in [5.74, 6) is -2.26. The van der Waals surface area contributed by atoms with Crippen molar-refractivity contribution in [3.8, 4) is 0 Å². The second kappa shape index (κ2) is 80.0. The van der Waals surface area contributed by atoms with Gasteiger partial charge in [-0.15, -0.1) is 0 Å². The number of hydrogen-bond acceptors (Lipinski definition) is 15. The minimum Gasteiger partial charge on any atom is -0.462 e. The van der Waals surface area contributed by atoms with Crippen molar-refractivity contribution in [2.45, 2.75) is 354 Å². The van der Waals surface area contributed by atoms with Crippen molar-refractivity contribution < 1.29 is 80.2 Å². The first-order valence-corrected chi connectivity index (χ1v) is 45.1. The van der Waals surface area contributed by atoms with Gasteiger partial charge in [-0.05, 0) is 167 Å². The van der Waals surface area contributed by atoms with Crippen LogP contribution in [0.25, 0.3) is 0 Å². The summed E-state index contributed by atoms with van der Waals surface area (Å²) in [5.41, 5.74) is 0. The Morgan fingerprint density at radius 3 is 0.759 bits per heavy atom. The predicted molar refractivity (Wildman–Crippen MR) is 445 cm³/mol. The third-order valence-electron chi connectivity index (χ3n) is 17.3. The molecule has 4 unspecified atom stereocenters. The highest BCUT2D eigenvalue weighted by Gasteiger charge is 2.30. The first kappa shape index (κ1) is 103. The summed E-state index contributed by atoms with van der Waals surface area (Å²) in [6, 6.07) is 0. The van der Waals surface area contributed by atoms with Gasteiger partial charge in [0.25, 0.3) is 0 Å². The molecule has 0 saturated heterocycles. The van der Waals surface area contributed by atoms with E-state index in [1.807, 2.05) is 0 Å². The fourth-order valence-corrected chi connectivity index (χ4v) is 12.5. The van der Waals surface area contributed by atoms with Gasteiger partial charge < -0.3 is 33.8 Å². The lowest BCUT2D eigenvalue weighted by molar-refractivity contribution is -0.161. The monoisotopic (exact) mass is 1550 g/mol. The molecule has 108 heavy (non-hydrogen) atoms. The fraction of sp³-hybridized carbons (Fsp3) is 0.685. The molecule has 0 amide bonds. The van der Waals surface area contributed by atoms with Crippen molar-refractivity contribution in [2.75, 3.05) is 39.6 Å². The number of ether oxygens (including phenoxy) is 4. The van der Waals surface area contributed by atoms with Gasteiger partial charge in [-0.1, -0.05) is 289 Å². The molecule has 0 fully saturated rings. The predicted octanol–water partition coefficient (Wildman–Crippen LogP) is 25.0. The summed E-state index contributed by atoms with van der Waals surface area (Å²) in [7, 11) is -9.99. The Bertz CT molecular complexity index is 2440. The Labute approximate surface area is 656 Å². The maximum atomic E-state index is 13.1. The molecule has 0 rings (SSSR count). The molecule has 0 radical (unpaired) electrons. The molecule has 0 aromatic heterocycles.